The molecule has 0 spiro atoms. The van der Waals surface area contributed by atoms with Crippen LogP contribution in [0.4, 0.5) is 0 Å². The standard InChI is InChI=1S/C16H22N2O/c1-3-4-5-15-12-13(2)18(17-15)16-8-6-14(7-9-16)10-11-19/h6-9,12,19H,3-5,10-11H2,1-2H3. The Labute approximate surface area is 114 Å². The lowest BCUT2D eigenvalue weighted by molar-refractivity contribution is 0.299. The Bertz CT molecular complexity index is 514. The molecule has 0 radical (unpaired) electrons. The first-order chi connectivity index (χ1) is 9.24. The van der Waals surface area contributed by atoms with Crippen molar-refractivity contribution in [2.75, 3.05) is 6.61 Å². The second kappa shape index (κ2) is 6.53. The zero-order valence-electron chi connectivity index (χ0n) is 11.8. The molecular formula is C16H22N2O. The number of aliphatic hydroxyl groups is 1. The van der Waals surface area contributed by atoms with E-state index in [1.807, 2.05) is 4.68 Å². The molecule has 102 valence electrons. The molecule has 1 aromatic heterocycles. The predicted octanol–water partition coefficient (Wildman–Crippen LogP) is 3.06. The second-order valence-corrected chi connectivity index (χ2v) is 4.93. The van der Waals surface area contributed by atoms with Gasteiger partial charge in [0, 0.05) is 12.3 Å². The number of unbranched alkanes of at least 4 members (excludes halogenated alkanes) is 1. The average molecular weight is 258 g/mol. The van der Waals surface area contributed by atoms with Gasteiger partial charge in [-0.2, -0.15) is 5.10 Å². The highest BCUT2D eigenvalue weighted by Gasteiger charge is 2.06. The molecule has 0 aliphatic rings. The van der Waals surface area contributed by atoms with Crippen LogP contribution in [-0.4, -0.2) is 21.5 Å². The largest absolute Gasteiger partial charge is 0.396 e. The third kappa shape index (κ3) is 3.44. The summed E-state index contributed by atoms with van der Waals surface area (Å²) in [5.41, 5.74) is 4.57. The van der Waals surface area contributed by atoms with Crippen molar-refractivity contribution in [1.29, 1.82) is 0 Å². The van der Waals surface area contributed by atoms with E-state index in [0.29, 0.717) is 6.42 Å². The van der Waals surface area contributed by atoms with Crippen LogP contribution >= 0.6 is 0 Å². The fourth-order valence-electron chi connectivity index (χ4n) is 2.21. The van der Waals surface area contributed by atoms with Gasteiger partial charge in [0.1, 0.15) is 0 Å². The lowest BCUT2D eigenvalue weighted by Crippen LogP contribution is -2.00. The van der Waals surface area contributed by atoms with Gasteiger partial charge in [-0.05, 0) is 49.9 Å². The van der Waals surface area contributed by atoms with E-state index in [1.165, 1.54) is 24.2 Å². The molecule has 1 aromatic carbocycles. The third-order valence-electron chi connectivity index (χ3n) is 3.31. The number of benzene rings is 1. The molecule has 0 amide bonds. The Balaban J connectivity index is 2.18. The van der Waals surface area contributed by atoms with Crippen molar-refractivity contribution in [2.45, 2.75) is 39.5 Å². The molecule has 0 unspecified atom stereocenters. The molecule has 0 fully saturated rings. The topological polar surface area (TPSA) is 38.0 Å². The molecule has 3 nitrogen and oxygen atoms in total. The number of hydrogen-bond donors (Lipinski definition) is 1. The highest BCUT2D eigenvalue weighted by molar-refractivity contribution is 5.36. The van der Waals surface area contributed by atoms with Gasteiger partial charge in [0.05, 0.1) is 11.4 Å². The summed E-state index contributed by atoms with van der Waals surface area (Å²) in [6, 6.07) is 10.4. The van der Waals surface area contributed by atoms with Crippen LogP contribution in [0.25, 0.3) is 5.69 Å². The van der Waals surface area contributed by atoms with E-state index in [2.05, 4.69) is 49.3 Å². The van der Waals surface area contributed by atoms with Crippen molar-refractivity contribution in [3.05, 3.63) is 47.3 Å². The van der Waals surface area contributed by atoms with E-state index in [0.717, 1.165) is 17.7 Å². The average Bonchev–Trinajstić information content (AvgIpc) is 2.79. The van der Waals surface area contributed by atoms with E-state index >= 15 is 0 Å². The number of hydrogen-bond acceptors (Lipinski definition) is 2. The molecule has 1 N–H and O–H groups in total. The maximum absolute atomic E-state index is 8.92. The first-order valence-electron chi connectivity index (χ1n) is 7.00. The van der Waals surface area contributed by atoms with E-state index in [-0.39, 0.29) is 6.61 Å². The summed E-state index contributed by atoms with van der Waals surface area (Å²) in [7, 11) is 0. The predicted molar refractivity (Wildman–Crippen MR) is 77.7 cm³/mol. The van der Waals surface area contributed by atoms with E-state index < -0.39 is 0 Å². The van der Waals surface area contributed by atoms with Gasteiger partial charge < -0.3 is 5.11 Å². The van der Waals surface area contributed by atoms with Crippen molar-refractivity contribution in [3.8, 4) is 5.69 Å². The fourth-order valence-corrected chi connectivity index (χ4v) is 2.21. The number of aromatic nitrogens is 2. The van der Waals surface area contributed by atoms with Gasteiger partial charge in [0.2, 0.25) is 0 Å². The van der Waals surface area contributed by atoms with Gasteiger partial charge in [0.25, 0.3) is 0 Å². The number of rotatable bonds is 6. The summed E-state index contributed by atoms with van der Waals surface area (Å²) >= 11 is 0. The minimum Gasteiger partial charge on any atom is -0.396 e. The van der Waals surface area contributed by atoms with Crippen LogP contribution in [0.15, 0.2) is 30.3 Å². The molecule has 0 aliphatic carbocycles. The van der Waals surface area contributed by atoms with Crippen LogP contribution in [0.1, 0.15) is 36.7 Å². The first-order valence-corrected chi connectivity index (χ1v) is 7.00. The Morgan fingerprint density at radius 3 is 2.53 bits per heavy atom. The van der Waals surface area contributed by atoms with Gasteiger partial charge >= 0.3 is 0 Å². The van der Waals surface area contributed by atoms with E-state index in [1.54, 1.807) is 0 Å². The highest BCUT2D eigenvalue weighted by atomic mass is 16.2. The molecule has 3 heteroatoms. The molecule has 0 bridgehead atoms. The summed E-state index contributed by atoms with van der Waals surface area (Å²) in [6.45, 7) is 4.48. The summed E-state index contributed by atoms with van der Waals surface area (Å²) in [5.74, 6) is 0. The molecule has 19 heavy (non-hydrogen) atoms. The maximum Gasteiger partial charge on any atom is 0.0648 e. The van der Waals surface area contributed by atoms with Crippen molar-refractivity contribution < 1.29 is 5.11 Å². The van der Waals surface area contributed by atoms with Crippen LogP contribution in [0, 0.1) is 6.92 Å². The van der Waals surface area contributed by atoms with Crippen molar-refractivity contribution in [1.82, 2.24) is 9.78 Å². The summed E-state index contributed by atoms with van der Waals surface area (Å²) in [5, 5.41) is 13.6. The van der Waals surface area contributed by atoms with Gasteiger partial charge in [-0.1, -0.05) is 25.5 Å². The SMILES string of the molecule is CCCCc1cc(C)n(-c2ccc(CCO)cc2)n1. The smallest absolute Gasteiger partial charge is 0.0648 e. The van der Waals surface area contributed by atoms with Crippen LogP contribution < -0.4 is 0 Å². The minimum absolute atomic E-state index is 0.196. The molecular weight excluding hydrogens is 236 g/mol. The van der Waals surface area contributed by atoms with Crippen molar-refractivity contribution in [3.63, 3.8) is 0 Å². The van der Waals surface area contributed by atoms with Gasteiger partial charge in [0.15, 0.2) is 0 Å². The Morgan fingerprint density at radius 2 is 1.89 bits per heavy atom. The Hall–Kier alpha value is -1.61. The van der Waals surface area contributed by atoms with Gasteiger partial charge in [-0.15, -0.1) is 0 Å². The minimum atomic E-state index is 0.196. The molecule has 2 rings (SSSR count). The normalized spacial score (nSPS) is 10.9. The van der Waals surface area contributed by atoms with Crippen molar-refractivity contribution >= 4 is 0 Å². The van der Waals surface area contributed by atoms with Gasteiger partial charge in [-0.3, -0.25) is 0 Å². The molecule has 0 saturated carbocycles. The van der Waals surface area contributed by atoms with Crippen LogP contribution in [-0.2, 0) is 12.8 Å². The molecule has 2 aromatic rings. The van der Waals surface area contributed by atoms with Crippen LogP contribution in [0.2, 0.25) is 0 Å². The quantitative estimate of drug-likeness (QED) is 0.864. The number of aliphatic hydroxyl groups excluding tert-OH is 1. The zero-order chi connectivity index (χ0) is 13.7. The Kier molecular flexibility index (Phi) is 4.74. The molecule has 1 heterocycles. The summed E-state index contributed by atoms with van der Waals surface area (Å²) in [4.78, 5) is 0. The maximum atomic E-state index is 8.92. The van der Waals surface area contributed by atoms with Crippen LogP contribution in [0.5, 0.6) is 0 Å². The summed E-state index contributed by atoms with van der Waals surface area (Å²) in [6.07, 6.45) is 4.14. The van der Waals surface area contributed by atoms with E-state index in [4.69, 9.17) is 5.11 Å². The van der Waals surface area contributed by atoms with Crippen LogP contribution in [0.3, 0.4) is 0 Å². The lowest BCUT2D eigenvalue weighted by Gasteiger charge is -2.05. The Morgan fingerprint density at radius 1 is 1.16 bits per heavy atom. The highest BCUT2D eigenvalue weighted by Crippen LogP contribution is 2.14. The van der Waals surface area contributed by atoms with E-state index in [9.17, 15) is 0 Å². The van der Waals surface area contributed by atoms with Gasteiger partial charge in [-0.25, -0.2) is 4.68 Å². The zero-order valence-corrected chi connectivity index (χ0v) is 11.8. The number of aryl methyl sites for hydroxylation is 2. The summed E-state index contributed by atoms with van der Waals surface area (Å²) < 4.78 is 1.99. The monoisotopic (exact) mass is 258 g/mol. The van der Waals surface area contributed by atoms with Crippen molar-refractivity contribution in [2.24, 2.45) is 0 Å². The second-order valence-electron chi connectivity index (χ2n) is 4.93. The fraction of sp³-hybridized carbons (Fsp3) is 0.438. The molecule has 0 atom stereocenters. The lowest BCUT2D eigenvalue weighted by atomic mass is 10.1. The third-order valence-corrected chi connectivity index (χ3v) is 3.31. The first kappa shape index (κ1) is 13.8. The number of nitrogens with zero attached hydrogens (tertiary/aromatic N) is 2. The molecule has 0 aliphatic heterocycles. The molecule has 0 saturated heterocycles.